The van der Waals surface area contributed by atoms with Crippen molar-refractivity contribution in [1.29, 1.82) is 0 Å². The molecular weight excluding hydrogens is 637 g/mol. The summed E-state index contributed by atoms with van der Waals surface area (Å²) in [6.07, 6.45) is -0.478. The summed E-state index contributed by atoms with van der Waals surface area (Å²) in [6.45, 7) is 7.68. The number of hydrogen-bond donors (Lipinski definition) is 0. The highest BCUT2D eigenvalue weighted by Gasteiger charge is 2.43. The van der Waals surface area contributed by atoms with Crippen LogP contribution in [0.25, 0.3) is 0 Å². The first kappa shape index (κ1) is 31.5. The number of ether oxygens (including phenoxy) is 2. The molecule has 4 rings (SSSR count). The zero-order valence-electron chi connectivity index (χ0n) is 22.9. The van der Waals surface area contributed by atoms with E-state index in [1.165, 1.54) is 35.8 Å². The van der Waals surface area contributed by atoms with E-state index in [1.807, 2.05) is 26.0 Å². The van der Waals surface area contributed by atoms with Crippen LogP contribution in [0.15, 0.2) is 29.0 Å². The fourth-order valence-corrected chi connectivity index (χ4v) is 15.2. The summed E-state index contributed by atoms with van der Waals surface area (Å²) in [7, 11) is -1.82. The first-order chi connectivity index (χ1) is 18.8. The van der Waals surface area contributed by atoms with Gasteiger partial charge in [0, 0.05) is 24.2 Å². The van der Waals surface area contributed by atoms with Gasteiger partial charge in [-0.15, -0.1) is 22.7 Å². The lowest BCUT2D eigenvalue weighted by Crippen LogP contribution is -2.40. The fraction of sp³-hybridized carbons (Fsp3) is 0.583. The van der Waals surface area contributed by atoms with Gasteiger partial charge in [0.05, 0.1) is 45.2 Å². The third-order valence-electron chi connectivity index (χ3n) is 7.27. The molecule has 0 aromatic carbocycles. The number of methoxy groups -OCH3 is 2. The van der Waals surface area contributed by atoms with Gasteiger partial charge in [0.1, 0.15) is 8.42 Å². The second kappa shape index (κ2) is 12.0. The van der Waals surface area contributed by atoms with Gasteiger partial charge in [-0.25, -0.2) is 26.4 Å². The van der Waals surface area contributed by atoms with Gasteiger partial charge in [-0.1, -0.05) is 0 Å². The maximum Gasteiger partial charge on any atom is 0.409 e. The van der Waals surface area contributed by atoms with Crippen molar-refractivity contribution in [2.75, 3.05) is 27.3 Å². The average molecular weight is 669 g/mol. The van der Waals surface area contributed by atoms with E-state index in [0.29, 0.717) is 24.2 Å². The third kappa shape index (κ3) is 5.51. The molecule has 40 heavy (non-hydrogen) atoms. The van der Waals surface area contributed by atoms with Crippen LogP contribution in [0.5, 0.6) is 0 Å². The smallest absolute Gasteiger partial charge is 0.409 e. The van der Waals surface area contributed by atoms with Gasteiger partial charge >= 0.3 is 12.2 Å². The largest absolute Gasteiger partial charge is 0.453 e. The molecule has 0 spiro atoms. The van der Waals surface area contributed by atoms with Gasteiger partial charge in [0.2, 0.25) is 0 Å². The summed E-state index contributed by atoms with van der Waals surface area (Å²) in [5, 5.41) is -1.31. The number of rotatable bonds is 7. The predicted molar refractivity (Wildman–Crippen MR) is 158 cm³/mol. The molecule has 0 saturated heterocycles. The second-order valence-corrected chi connectivity index (χ2v) is 19.5. The second-order valence-electron chi connectivity index (χ2n) is 9.51. The average Bonchev–Trinajstić information content (AvgIpc) is 3.55. The molecule has 222 valence electrons. The zero-order valence-corrected chi connectivity index (χ0v) is 27.8. The van der Waals surface area contributed by atoms with Gasteiger partial charge in [0.25, 0.3) is 0 Å². The normalized spacial score (nSPS) is 24.4. The summed E-state index contributed by atoms with van der Waals surface area (Å²) in [4.78, 5) is 28.0. The number of carbonyl (C=O) groups is 2. The number of fused-ring (bicyclic) bond motifs is 2. The van der Waals surface area contributed by atoms with Crippen LogP contribution in [0.4, 0.5) is 9.59 Å². The van der Waals surface area contributed by atoms with Crippen LogP contribution in [0.2, 0.25) is 0 Å². The minimum absolute atomic E-state index is 0.250. The van der Waals surface area contributed by atoms with E-state index in [2.05, 4.69) is 0 Å². The SMILES string of the molecule is CCN(C(=O)OC)C1C[C@H](C)S(=O)(=O)c2sc(SSc3cc4c(s3)S(=O)(=O)[C@@H](C)C[C@@H]4N(CC)C(=O)OC)cc21. The van der Waals surface area contributed by atoms with Crippen molar-refractivity contribution in [3.63, 3.8) is 0 Å². The number of amides is 2. The molecule has 10 nitrogen and oxygen atoms in total. The molecule has 4 atom stereocenters. The molecule has 0 fully saturated rings. The molecule has 0 radical (unpaired) electrons. The Morgan fingerprint density at radius 2 is 1.15 bits per heavy atom. The van der Waals surface area contributed by atoms with Crippen LogP contribution in [0.3, 0.4) is 0 Å². The van der Waals surface area contributed by atoms with Gasteiger partial charge < -0.3 is 19.3 Å². The van der Waals surface area contributed by atoms with E-state index in [4.69, 9.17) is 9.47 Å². The zero-order chi connectivity index (χ0) is 29.6. The van der Waals surface area contributed by atoms with Crippen LogP contribution in [-0.4, -0.2) is 76.6 Å². The molecule has 2 aromatic rings. The van der Waals surface area contributed by atoms with Crippen molar-refractivity contribution in [1.82, 2.24) is 9.80 Å². The van der Waals surface area contributed by atoms with Gasteiger partial charge in [-0.3, -0.25) is 0 Å². The highest BCUT2D eigenvalue weighted by molar-refractivity contribution is 8.77. The van der Waals surface area contributed by atoms with E-state index >= 15 is 0 Å². The standard InChI is InChI=1S/C24H32N2O8S6/c1-7-25(23(27)33-5)17-9-13(3)39(29,30)21-15(17)11-19(35-21)37-38-20-12-16-18(26(8-2)24(28)34-6)10-14(4)40(31,32)22(16)36-20/h11-14,17-18H,7-10H2,1-6H3/t13-,14-,17-,18?/m0/s1. The topological polar surface area (TPSA) is 127 Å². The molecule has 0 aliphatic carbocycles. The van der Waals surface area contributed by atoms with E-state index in [-0.39, 0.29) is 21.3 Å². The van der Waals surface area contributed by atoms with Crippen molar-refractivity contribution < 1.29 is 35.9 Å². The third-order valence-corrected chi connectivity index (χ3v) is 18.3. The molecule has 2 aliphatic rings. The van der Waals surface area contributed by atoms with E-state index < -0.39 is 54.4 Å². The van der Waals surface area contributed by atoms with Gasteiger partial charge in [0.15, 0.2) is 19.7 Å². The molecular formula is C24H32N2O8S6. The van der Waals surface area contributed by atoms with Crippen LogP contribution >= 0.6 is 44.3 Å². The lowest BCUT2D eigenvalue weighted by molar-refractivity contribution is 0.103. The van der Waals surface area contributed by atoms with Crippen molar-refractivity contribution in [3.8, 4) is 0 Å². The van der Waals surface area contributed by atoms with E-state index in [1.54, 1.807) is 23.6 Å². The van der Waals surface area contributed by atoms with Crippen LogP contribution in [0.1, 0.15) is 63.7 Å². The van der Waals surface area contributed by atoms with Crippen LogP contribution in [-0.2, 0) is 29.1 Å². The Balaban J connectivity index is 1.66. The lowest BCUT2D eigenvalue weighted by atomic mass is 10.0. The number of nitrogens with zero attached hydrogens (tertiary/aromatic N) is 2. The quantitative estimate of drug-likeness (QED) is 0.324. The van der Waals surface area contributed by atoms with E-state index in [9.17, 15) is 26.4 Å². The molecule has 0 saturated carbocycles. The molecule has 0 N–H and O–H groups in total. The van der Waals surface area contributed by atoms with Crippen molar-refractivity contribution in [3.05, 3.63) is 23.3 Å². The highest BCUT2D eigenvalue weighted by atomic mass is 33.1. The Morgan fingerprint density at radius 1 is 0.800 bits per heavy atom. The summed E-state index contributed by atoms with van der Waals surface area (Å²) in [5.74, 6) is 0. The molecule has 4 heterocycles. The molecule has 2 aliphatic heterocycles. The molecule has 16 heteroatoms. The van der Waals surface area contributed by atoms with Crippen molar-refractivity contribution in [2.45, 2.75) is 80.0 Å². The van der Waals surface area contributed by atoms with Crippen molar-refractivity contribution >= 4 is 76.1 Å². The maximum atomic E-state index is 13.2. The minimum Gasteiger partial charge on any atom is -0.453 e. The van der Waals surface area contributed by atoms with Gasteiger partial charge in [-0.05, 0) is 74.3 Å². The number of carbonyl (C=O) groups excluding carboxylic acids is 2. The molecule has 1 unspecified atom stereocenters. The van der Waals surface area contributed by atoms with E-state index in [0.717, 1.165) is 31.1 Å². The Labute approximate surface area is 251 Å². The number of sulfone groups is 2. The first-order valence-electron chi connectivity index (χ1n) is 12.6. The Kier molecular flexibility index (Phi) is 9.47. The Hall–Kier alpha value is -1.46. The Bertz CT molecular complexity index is 1390. The summed E-state index contributed by atoms with van der Waals surface area (Å²) in [6, 6.07) is 2.76. The minimum atomic E-state index is -3.55. The summed E-state index contributed by atoms with van der Waals surface area (Å²) < 4.78 is 64.6. The molecule has 2 amide bonds. The predicted octanol–water partition coefficient (Wildman–Crippen LogP) is 6.00. The molecule has 2 aromatic heterocycles. The maximum absolute atomic E-state index is 13.2. The monoisotopic (exact) mass is 668 g/mol. The summed E-state index contributed by atoms with van der Waals surface area (Å²) >= 11 is 2.32. The van der Waals surface area contributed by atoms with Crippen LogP contribution < -0.4 is 0 Å². The lowest BCUT2D eigenvalue weighted by Gasteiger charge is -2.34. The van der Waals surface area contributed by atoms with Gasteiger partial charge in [-0.2, -0.15) is 0 Å². The first-order valence-corrected chi connectivity index (χ1v) is 19.5. The summed E-state index contributed by atoms with van der Waals surface area (Å²) in [5.41, 5.74) is 1.16. The Morgan fingerprint density at radius 3 is 1.45 bits per heavy atom. The van der Waals surface area contributed by atoms with Crippen LogP contribution in [0, 0.1) is 0 Å². The number of thiophene rings is 2. The fourth-order valence-electron chi connectivity index (χ4n) is 5.08. The molecule has 0 bridgehead atoms. The highest BCUT2D eigenvalue weighted by Crippen LogP contribution is 2.53. The van der Waals surface area contributed by atoms with Crippen molar-refractivity contribution in [2.24, 2.45) is 0 Å². The number of hydrogen-bond acceptors (Lipinski definition) is 12.